The van der Waals surface area contributed by atoms with Gasteiger partial charge >= 0.3 is 0 Å². The third kappa shape index (κ3) is 4.13. The van der Waals surface area contributed by atoms with E-state index in [1.807, 2.05) is 31.2 Å². The maximum atomic E-state index is 12.0. The molecule has 1 heterocycles. The third-order valence-electron chi connectivity index (χ3n) is 3.46. The molecule has 0 spiro atoms. The van der Waals surface area contributed by atoms with E-state index >= 15 is 0 Å². The number of ketones is 1. The lowest BCUT2D eigenvalue weighted by atomic mass is 10.1. The summed E-state index contributed by atoms with van der Waals surface area (Å²) < 4.78 is 5.39. The molecule has 1 saturated heterocycles. The second-order valence-electron chi connectivity index (χ2n) is 5.02. The molecule has 0 saturated carbocycles. The van der Waals surface area contributed by atoms with Gasteiger partial charge in [0.05, 0.1) is 19.3 Å². The van der Waals surface area contributed by atoms with Gasteiger partial charge in [0.15, 0.2) is 5.78 Å². The van der Waals surface area contributed by atoms with Gasteiger partial charge in [0.1, 0.15) is 0 Å². The molecule has 0 amide bonds. The second kappa shape index (κ2) is 6.80. The fourth-order valence-corrected chi connectivity index (χ4v) is 2.24. The monoisotopic (exact) mass is 263 g/mol. The smallest absolute Gasteiger partial charge is 0.164 e. The first-order chi connectivity index (χ1) is 9.19. The van der Waals surface area contributed by atoms with Crippen molar-refractivity contribution in [2.75, 3.05) is 32.8 Å². The molecule has 104 valence electrons. The van der Waals surface area contributed by atoms with Crippen LogP contribution in [0.4, 0.5) is 0 Å². The molecule has 1 unspecified atom stereocenters. The summed E-state index contributed by atoms with van der Waals surface area (Å²) in [6.07, 6.45) is 0.407. The van der Waals surface area contributed by atoms with Gasteiger partial charge in [-0.2, -0.15) is 0 Å². The van der Waals surface area contributed by atoms with Crippen LogP contribution >= 0.6 is 0 Å². The zero-order chi connectivity index (χ0) is 13.7. The quantitative estimate of drug-likeness (QED) is 0.813. The number of aliphatic hydroxyl groups excluding tert-OH is 1. The average Bonchev–Trinajstić information content (AvgIpc) is 2.46. The number of aliphatic hydroxyl groups is 1. The van der Waals surface area contributed by atoms with E-state index in [-0.39, 0.29) is 18.5 Å². The Morgan fingerprint density at radius 2 is 2.16 bits per heavy atom. The van der Waals surface area contributed by atoms with Crippen molar-refractivity contribution >= 4 is 5.78 Å². The van der Waals surface area contributed by atoms with E-state index in [0.717, 1.165) is 24.2 Å². The fourth-order valence-electron chi connectivity index (χ4n) is 2.24. The van der Waals surface area contributed by atoms with Crippen molar-refractivity contribution < 1.29 is 14.6 Å². The van der Waals surface area contributed by atoms with Gasteiger partial charge in [-0.3, -0.25) is 9.69 Å². The van der Waals surface area contributed by atoms with Gasteiger partial charge in [-0.05, 0) is 6.92 Å². The summed E-state index contributed by atoms with van der Waals surface area (Å²) in [5.74, 6) is 0.173. The van der Waals surface area contributed by atoms with Crippen LogP contribution in [0, 0.1) is 6.92 Å². The number of aryl methyl sites for hydroxylation is 1. The lowest BCUT2D eigenvalue weighted by Gasteiger charge is -2.31. The first kappa shape index (κ1) is 14.2. The number of Topliss-reactive ketones (excluding diaryl/α,β-unsaturated/α-hetero) is 1. The van der Waals surface area contributed by atoms with Gasteiger partial charge in [0.2, 0.25) is 0 Å². The normalized spacial score (nSPS) is 20.4. The van der Waals surface area contributed by atoms with Crippen LogP contribution in [0.25, 0.3) is 0 Å². The van der Waals surface area contributed by atoms with E-state index in [4.69, 9.17) is 9.84 Å². The van der Waals surface area contributed by atoms with Gasteiger partial charge in [-0.1, -0.05) is 29.8 Å². The van der Waals surface area contributed by atoms with Crippen LogP contribution in [0.2, 0.25) is 0 Å². The maximum absolute atomic E-state index is 12.0. The summed E-state index contributed by atoms with van der Waals surface area (Å²) in [5.41, 5.74) is 1.94. The first-order valence-electron chi connectivity index (χ1n) is 6.73. The van der Waals surface area contributed by atoms with Crippen molar-refractivity contribution in [1.29, 1.82) is 0 Å². The van der Waals surface area contributed by atoms with E-state index < -0.39 is 0 Å². The molecule has 4 nitrogen and oxygen atoms in total. The van der Waals surface area contributed by atoms with Crippen LogP contribution in [-0.2, 0) is 4.74 Å². The number of carbonyl (C=O) groups is 1. The van der Waals surface area contributed by atoms with Crippen LogP contribution < -0.4 is 0 Å². The highest BCUT2D eigenvalue weighted by Crippen LogP contribution is 2.09. The molecule has 1 aromatic rings. The average molecular weight is 263 g/mol. The number of rotatable bonds is 5. The molecule has 2 rings (SSSR count). The molecule has 0 bridgehead atoms. The molecule has 1 N–H and O–H groups in total. The van der Waals surface area contributed by atoms with Crippen LogP contribution in [0.3, 0.4) is 0 Å². The standard InChI is InChI=1S/C15H21NO3/c1-12-2-4-13(5-3-12)15(18)6-7-16-8-9-19-14(10-16)11-17/h2-5,14,17H,6-11H2,1H3. The predicted molar refractivity (Wildman–Crippen MR) is 73.4 cm³/mol. The maximum Gasteiger partial charge on any atom is 0.164 e. The number of ether oxygens (including phenoxy) is 1. The molecule has 1 atom stereocenters. The number of hydrogen-bond donors (Lipinski definition) is 1. The van der Waals surface area contributed by atoms with Crippen LogP contribution in [0.5, 0.6) is 0 Å². The molecule has 4 heteroatoms. The highest BCUT2D eigenvalue weighted by Gasteiger charge is 2.20. The van der Waals surface area contributed by atoms with Gasteiger partial charge in [0, 0.05) is 31.6 Å². The van der Waals surface area contributed by atoms with Crippen molar-refractivity contribution in [3.8, 4) is 0 Å². The minimum atomic E-state index is -0.108. The number of benzene rings is 1. The first-order valence-corrected chi connectivity index (χ1v) is 6.73. The fraction of sp³-hybridized carbons (Fsp3) is 0.533. The zero-order valence-electron chi connectivity index (χ0n) is 11.3. The largest absolute Gasteiger partial charge is 0.394 e. The molecular weight excluding hydrogens is 242 g/mol. The van der Waals surface area contributed by atoms with Gasteiger partial charge in [0.25, 0.3) is 0 Å². The van der Waals surface area contributed by atoms with E-state index in [9.17, 15) is 4.79 Å². The highest BCUT2D eigenvalue weighted by molar-refractivity contribution is 5.96. The Labute approximate surface area is 114 Å². The summed E-state index contributed by atoms with van der Waals surface area (Å²) in [4.78, 5) is 14.2. The van der Waals surface area contributed by atoms with E-state index in [1.165, 1.54) is 0 Å². The van der Waals surface area contributed by atoms with Crippen LogP contribution in [0.1, 0.15) is 22.3 Å². The third-order valence-corrected chi connectivity index (χ3v) is 3.46. The van der Waals surface area contributed by atoms with Gasteiger partial charge < -0.3 is 9.84 Å². The SMILES string of the molecule is Cc1ccc(C(=O)CCN2CCOC(CO)C2)cc1. The van der Waals surface area contributed by atoms with E-state index in [1.54, 1.807) is 0 Å². The van der Waals surface area contributed by atoms with Crippen molar-refractivity contribution in [3.63, 3.8) is 0 Å². The number of morpholine rings is 1. The number of carbonyl (C=O) groups excluding carboxylic acids is 1. The van der Waals surface area contributed by atoms with Gasteiger partial charge in [-0.15, -0.1) is 0 Å². The Kier molecular flexibility index (Phi) is 5.07. The minimum Gasteiger partial charge on any atom is -0.394 e. The van der Waals surface area contributed by atoms with Crippen molar-refractivity contribution in [2.24, 2.45) is 0 Å². The Balaban J connectivity index is 1.81. The van der Waals surface area contributed by atoms with Crippen molar-refractivity contribution in [2.45, 2.75) is 19.4 Å². The summed E-state index contributed by atoms with van der Waals surface area (Å²) >= 11 is 0. The molecule has 1 aliphatic heterocycles. The van der Waals surface area contributed by atoms with Crippen LogP contribution in [0.15, 0.2) is 24.3 Å². The molecule has 1 fully saturated rings. The number of hydrogen-bond acceptors (Lipinski definition) is 4. The predicted octanol–water partition coefficient (Wildman–Crippen LogP) is 1.26. The molecule has 0 radical (unpaired) electrons. The highest BCUT2D eigenvalue weighted by atomic mass is 16.5. The van der Waals surface area contributed by atoms with Crippen molar-refractivity contribution in [1.82, 2.24) is 4.90 Å². The molecular formula is C15H21NO3. The van der Waals surface area contributed by atoms with Gasteiger partial charge in [-0.25, -0.2) is 0 Å². The number of nitrogens with zero attached hydrogens (tertiary/aromatic N) is 1. The Bertz CT molecular complexity index is 416. The Hall–Kier alpha value is -1.23. The molecule has 19 heavy (non-hydrogen) atoms. The lowest BCUT2D eigenvalue weighted by Crippen LogP contribution is -2.44. The Morgan fingerprint density at radius 1 is 1.42 bits per heavy atom. The lowest BCUT2D eigenvalue weighted by molar-refractivity contribution is -0.0523. The summed E-state index contributed by atoms with van der Waals surface area (Å²) in [7, 11) is 0. The second-order valence-corrected chi connectivity index (χ2v) is 5.02. The molecule has 1 aliphatic rings. The topological polar surface area (TPSA) is 49.8 Å². The zero-order valence-corrected chi connectivity index (χ0v) is 11.3. The van der Waals surface area contributed by atoms with E-state index in [2.05, 4.69) is 4.90 Å². The van der Waals surface area contributed by atoms with E-state index in [0.29, 0.717) is 19.6 Å². The summed E-state index contributed by atoms with van der Waals surface area (Å²) in [6, 6.07) is 7.69. The summed E-state index contributed by atoms with van der Waals surface area (Å²) in [5, 5.41) is 9.07. The Morgan fingerprint density at radius 3 is 2.84 bits per heavy atom. The molecule has 0 aromatic heterocycles. The minimum absolute atomic E-state index is 0.0441. The van der Waals surface area contributed by atoms with Crippen LogP contribution in [-0.4, -0.2) is 54.7 Å². The molecule has 1 aromatic carbocycles. The molecule has 0 aliphatic carbocycles. The summed E-state index contributed by atoms with van der Waals surface area (Å²) in [6.45, 7) is 4.95. The van der Waals surface area contributed by atoms with Crippen molar-refractivity contribution in [3.05, 3.63) is 35.4 Å².